The number of benzene rings is 8. The van der Waals surface area contributed by atoms with Crippen molar-refractivity contribution in [3.63, 3.8) is 0 Å². The number of furan rings is 1. The van der Waals surface area contributed by atoms with E-state index < -0.39 is 0 Å². The van der Waals surface area contributed by atoms with Crippen molar-refractivity contribution in [2.24, 2.45) is 23.7 Å². The van der Waals surface area contributed by atoms with Crippen LogP contribution in [-0.2, 0) is 5.41 Å². The molecule has 1 aliphatic heterocycles. The maximum atomic E-state index is 6.99. The minimum atomic E-state index is -0.148. The van der Waals surface area contributed by atoms with E-state index in [1.165, 1.54) is 54.4 Å². The Morgan fingerprint density at radius 2 is 1.03 bits per heavy atom. The van der Waals surface area contributed by atoms with Gasteiger partial charge in [0.15, 0.2) is 40.5 Å². The molecule has 16 rings (SSSR count). The molecule has 6 aliphatic rings. The SMILES string of the molecule is c1ccc(-c2ccccc2-c2nc(-c3cccc(-c4cccc5c4oc4ccccc45)c3)nc(-c3ccc4c(c3)-c3ccc5c(c3C43C4CC6CC(C4)CC3C6)Oc3ccccc3O5)n2)cc1. The Bertz CT molecular complexity index is 3660. The third-order valence-corrected chi connectivity index (χ3v) is 16.0. The maximum Gasteiger partial charge on any atom is 0.174 e. The van der Waals surface area contributed by atoms with E-state index in [2.05, 4.69) is 140 Å². The van der Waals surface area contributed by atoms with Gasteiger partial charge in [0, 0.05) is 44.0 Å². The van der Waals surface area contributed by atoms with Gasteiger partial charge in [-0.1, -0.05) is 140 Å². The van der Waals surface area contributed by atoms with E-state index >= 15 is 0 Å². The molecule has 1 spiro atoms. The summed E-state index contributed by atoms with van der Waals surface area (Å²) in [6.45, 7) is 0. The average molecular weight is 866 g/mol. The number of hydrogen-bond donors (Lipinski definition) is 0. The zero-order valence-corrected chi connectivity index (χ0v) is 36.7. The van der Waals surface area contributed by atoms with Crippen molar-refractivity contribution in [2.45, 2.75) is 37.5 Å². The van der Waals surface area contributed by atoms with E-state index in [1.54, 1.807) is 0 Å². The Balaban J connectivity index is 0.925. The third-order valence-electron chi connectivity index (χ3n) is 16.0. The molecule has 10 aromatic rings. The predicted molar refractivity (Wildman–Crippen MR) is 264 cm³/mol. The molecule has 4 bridgehead atoms. The topological polar surface area (TPSA) is 70.3 Å². The minimum Gasteiger partial charge on any atom is -0.455 e. The fourth-order valence-electron chi connectivity index (χ4n) is 13.5. The lowest BCUT2D eigenvalue weighted by Crippen LogP contribution is -2.55. The molecule has 8 aromatic carbocycles. The van der Waals surface area contributed by atoms with Gasteiger partial charge < -0.3 is 13.9 Å². The van der Waals surface area contributed by atoms with Crippen molar-refractivity contribution in [1.29, 1.82) is 0 Å². The molecule has 67 heavy (non-hydrogen) atoms. The predicted octanol–water partition coefficient (Wildman–Crippen LogP) is 15.7. The van der Waals surface area contributed by atoms with Crippen LogP contribution in [0.25, 0.3) is 89.5 Å². The highest BCUT2D eigenvalue weighted by Gasteiger charge is 2.63. The fraction of sp³-hybridized carbons (Fsp3) is 0.164. The van der Waals surface area contributed by atoms with Crippen molar-refractivity contribution in [3.8, 4) is 90.5 Å². The molecule has 0 N–H and O–H groups in total. The van der Waals surface area contributed by atoms with Crippen LogP contribution in [0.4, 0.5) is 0 Å². The van der Waals surface area contributed by atoms with Crippen LogP contribution in [0.5, 0.6) is 23.0 Å². The first kappa shape index (κ1) is 37.4. The molecular weight excluding hydrogens is 823 g/mol. The Morgan fingerprint density at radius 3 is 1.85 bits per heavy atom. The Morgan fingerprint density at radius 1 is 0.403 bits per heavy atom. The number of aromatic nitrogens is 3. The first-order valence-electron chi connectivity index (χ1n) is 23.8. The Labute approximate surface area is 387 Å². The highest BCUT2D eigenvalue weighted by atomic mass is 16.6. The van der Waals surface area contributed by atoms with Crippen LogP contribution < -0.4 is 9.47 Å². The molecule has 0 unspecified atom stereocenters. The van der Waals surface area contributed by atoms with Gasteiger partial charge in [-0.25, -0.2) is 15.0 Å². The molecule has 5 aliphatic carbocycles. The highest BCUT2D eigenvalue weighted by Crippen LogP contribution is 2.72. The van der Waals surface area contributed by atoms with Crippen LogP contribution >= 0.6 is 0 Å². The van der Waals surface area contributed by atoms with Gasteiger partial charge in [0.25, 0.3) is 0 Å². The summed E-state index contributed by atoms with van der Waals surface area (Å²) in [4.78, 5) is 16.1. The molecule has 6 nitrogen and oxygen atoms in total. The second-order valence-corrected chi connectivity index (χ2v) is 19.5. The number of rotatable bonds is 5. The van der Waals surface area contributed by atoms with Gasteiger partial charge in [-0.15, -0.1) is 0 Å². The van der Waals surface area contributed by atoms with Gasteiger partial charge in [0.05, 0.1) is 0 Å². The van der Waals surface area contributed by atoms with Gasteiger partial charge in [-0.2, -0.15) is 0 Å². The van der Waals surface area contributed by atoms with E-state index in [0.29, 0.717) is 29.3 Å². The molecule has 6 heteroatoms. The van der Waals surface area contributed by atoms with E-state index in [-0.39, 0.29) is 5.41 Å². The summed E-state index contributed by atoms with van der Waals surface area (Å²) < 4.78 is 20.2. The average Bonchev–Trinajstić information content (AvgIpc) is 3.91. The summed E-state index contributed by atoms with van der Waals surface area (Å²) in [7, 11) is 0. The first-order chi connectivity index (χ1) is 33.1. The molecule has 4 fully saturated rings. The smallest absolute Gasteiger partial charge is 0.174 e. The lowest BCUT2D eigenvalue weighted by atomic mass is 9.43. The molecule has 0 saturated heterocycles. The second-order valence-electron chi connectivity index (χ2n) is 19.5. The molecule has 0 amide bonds. The molecule has 0 atom stereocenters. The lowest BCUT2D eigenvalue weighted by molar-refractivity contribution is -0.0407. The zero-order valence-electron chi connectivity index (χ0n) is 36.7. The van der Waals surface area contributed by atoms with Crippen LogP contribution in [0, 0.1) is 23.7 Å². The summed E-state index contributed by atoms with van der Waals surface area (Å²) in [5.74, 6) is 7.81. The summed E-state index contributed by atoms with van der Waals surface area (Å²) in [6, 6.07) is 61.6. The van der Waals surface area contributed by atoms with E-state index in [0.717, 1.165) is 95.7 Å². The highest BCUT2D eigenvalue weighted by molar-refractivity contribution is 6.09. The molecule has 3 heterocycles. The molecule has 2 aromatic heterocycles. The molecular formula is C61H43N3O3. The molecule has 320 valence electrons. The van der Waals surface area contributed by atoms with Crippen molar-refractivity contribution >= 4 is 21.9 Å². The first-order valence-corrected chi connectivity index (χ1v) is 23.8. The second kappa shape index (κ2) is 14.1. The quantitative estimate of drug-likeness (QED) is 0.172. The summed E-state index contributed by atoms with van der Waals surface area (Å²) >= 11 is 0. The summed E-state index contributed by atoms with van der Waals surface area (Å²) in [6.07, 6.45) is 6.44. The van der Waals surface area contributed by atoms with Gasteiger partial charge >= 0.3 is 0 Å². The van der Waals surface area contributed by atoms with Crippen molar-refractivity contribution < 1.29 is 13.9 Å². The van der Waals surface area contributed by atoms with E-state index in [9.17, 15) is 0 Å². The van der Waals surface area contributed by atoms with Crippen LogP contribution in [0.15, 0.2) is 180 Å². The van der Waals surface area contributed by atoms with Gasteiger partial charge in [-0.3, -0.25) is 0 Å². The number of para-hydroxylation sites is 4. The number of fused-ring (bicyclic) bond motifs is 9. The standard InChI is InChI=1S/C61H43N3O3/c1-2-12-37(13-3-1)43-16-4-5-18-48(43)60-63-58(39-15-10-14-38(33-39)44-19-11-20-47-45-17-6-7-21-51(45)66-56(44)47)62-59(64-60)40-24-26-50-49(34-40)46-25-27-54-57(67-53-23-9-8-22-52(53)65-54)55(46)61(50)41-29-35-28-36(31-41)32-42(61)30-35/h1-27,33-36,41-42H,28-32H2. The van der Waals surface area contributed by atoms with Crippen molar-refractivity contribution in [2.75, 3.05) is 0 Å². The van der Waals surface area contributed by atoms with E-state index in [4.69, 9.17) is 28.8 Å². The van der Waals surface area contributed by atoms with Gasteiger partial charge in [0.1, 0.15) is 11.2 Å². The van der Waals surface area contributed by atoms with Crippen LogP contribution in [0.2, 0.25) is 0 Å². The van der Waals surface area contributed by atoms with Crippen LogP contribution in [-0.4, -0.2) is 15.0 Å². The molecule has 0 radical (unpaired) electrons. The van der Waals surface area contributed by atoms with Gasteiger partial charge in [0.2, 0.25) is 0 Å². The largest absolute Gasteiger partial charge is 0.455 e. The van der Waals surface area contributed by atoms with Gasteiger partial charge in [-0.05, 0) is 126 Å². The minimum absolute atomic E-state index is 0.148. The lowest BCUT2D eigenvalue weighted by Gasteiger charge is -2.61. The zero-order chi connectivity index (χ0) is 43.8. The molecule has 4 saturated carbocycles. The monoisotopic (exact) mass is 865 g/mol. The maximum absolute atomic E-state index is 6.99. The summed E-state index contributed by atoms with van der Waals surface area (Å²) in [5, 5.41) is 2.20. The number of ether oxygens (including phenoxy) is 2. The fourth-order valence-corrected chi connectivity index (χ4v) is 13.5. The normalized spacial score (nSPS) is 21.4. The number of hydrogen-bond acceptors (Lipinski definition) is 6. The van der Waals surface area contributed by atoms with Crippen molar-refractivity contribution in [1.82, 2.24) is 15.0 Å². The Hall–Kier alpha value is -7.83. The summed E-state index contributed by atoms with van der Waals surface area (Å²) in [5.41, 5.74) is 13.9. The van der Waals surface area contributed by atoms with Crippen LogP contribution in [0.1, 0.15) is 43.2 Å². The van der Waals surface area contributed by atoms with E-state index in [1.807, 2.05) is 36.4 Å². The Kier molecular flexibility index (Phi) is 7.86. The third kappa shape index (κ3) is 5.47. The number of nitrogens with zero attached hydrogens (tertiary/aromatic N) is 3. The van der Waals surface area contributed by atoms with Crippen molar-refractivity contribution in [3.05, 3.63) is 187 Å². The van der Waals surface area contributed by atoms with Crippen LogP contribution in [0.3, 0.4) is 0 Å².